The van der Waals surface area contributed by atoms with E-state index in [-0.39, 0.29) is 17.4 Å². The van der Waals surface area contributed by atoms with Gasteiger partial charge in [0.2, 0.25) is 5.91 Å². The molecular weight excluding hydrogens is 408 g/mol. The molecule has 4 heteroatoms. The maximum Gasteiger partial charge on any atom is 0.220 e. The van der Waals surface area contributed by atoms with E-state index < -0.39 is 0 Å². The minimum atomic E-state index is 0.132. The summed E-state index contributed by atoms with van der Waals surface area (Å²) in [7, 11) is 3.98. The molecule has 0 radical (unpaired) electrons. The molecule has 33 heavy (non-hydrogen) atoms. The van der Waals surface area contributed by atoms with Crippen LogP contribution in [0.5, 0.6) is 5.75 Å². The number of likely N-dealkylation sites (tertiary alicyclic amines) is 1. The van der Waals surface area contributed by atoms with Crippen LogP contribution in [-0.4, -0.2) is 44.1 Å². The highest BCUT2D eigenvalue weighted by Gasteiger charge is 2.47. The van der Waals surface area contributed by atoms with Gasteiger partial charge < -0.3 is 15.0 Å². The number of methoxy groups -OCH3 is 1. The van der Waals surface area contributed by atoms with Gasteiger partial charge in [0.25, 0.3) is 0 Å². The van der Waals surface area contributed by atoms with Crippen molar-refractivity contribution in [2.24, 2.45) is 5.92 Å². The third-order valence-electron chi connectivity index (χ3n) is 7.95. The van der Waals surface area contributed by atoms with E-state index in [2.05, 4.69) is 65.8 Å². The number of fused-ring (bicyclic) bond motifs is 1. The van der Waals surface area contributed by atoms with E-state index in [1.165, 1.54) is 17.5 Å². The Kier molecular flexibility index (Phi) is 8.08. The highest BCUT2D eigenvalue weighted by molar-refractivity contribution is 5.76. The van der Waals surface area contributed by atoms with Gasteiger partial charge in [0.15, 0.2) is 0 Å². The number of rotatable bonds is 9. The van der Waals surface area contributed by atoms with Crippen LogP contribution in [0, 0.1) is 5.92 Å². The number of aryl methyl sites for hydroxylation is 1. The largest absolute Gasteiger partial charge is 0.497 e. The lowest BCUT2D eigenvalue weighted by atomic mass is 9.58. The number of carbonyl (C=O) groups excluding carboxylic acids is 1. The minimum Gasteiger partial charge on any atom is -0.497 e. The monoisotopic (exact) mass is 448 g/mol. The fraction of sp³-hybridized carbons (Fsp3) is 0.552. The molecule has 0 aromatic heterocycles. The van der Waals surface area contributed by atoms with Crippen molar-refractivity contribution in [3.05, 3.63) is 65.7 Å². The molecule has 0 unspecified atom stereocenters. The molecule has 1 saturated carbocycles. The summed E-state index contributed by atoms with van der Waals surface area (Å²) >= 11 is 0. The molecule has 178 valence electrons. The average molecular weight is 449 g/mol. The molecule has 1 aliphatic carbocycles. The van der Waals surface area contributed by atoms with Crippen LogP contribution in [0.2, 0.25) is 0 Å². The first kappa shape index (κ1) is 23.8. The summed E-state index contributed by atoms with van der Waals surface area (Å²) in [5.74, 6) is 1.79. The van der Waals surface area contributed by atoms with E-state index in [1.807, 2.05) is 6.07 Å². The van der Waals surface area contributed by atoms with Gasteiger partial charge in [0.05, 0.1) is 7.11 Å². The molecule has 1 aliphatic heterocycles. The molecule has 2 aromatic carbocycles. The summed E-state index contributed by atoms with van der Waals surface area (Å²) in [6.45, 7) is 2.25. The molecule has 1 N–H and O–H groups in total. The maximum atomic E-state index is 12.8. The lowest BCUT2D eigenvalue weighted by Crippen LogP contribution is -2.55. The molecule has 4 rings (SSSR count). The van der Waals surface area contributed by atoms with E-state index >= 15 is 0 Å². The quantitative estimate of drug-likeness (QED) is 0.525. The predicted molar refractivity (Wildman–Crippen MR) is 135 cm³/mol. The van der Waals surface area contributed by atoms with E-state index in [1.54, 1.807) is 7.11 Å². The van der Waals surface area contributed by atoms with Crippen molar-refractivity contribution in [3.8, 4) is 5.75 Å². The Morgan fingerprint density at radius 2 is 1.94 bits per heavy atom. The number of nitrogens with zero attached hydrogens (tertiary/aromatic N) is 1. The van der Waals surface area contributed by atoms with Crippen LogP contribution in [-0.2, 0) is 16.6 Å². The molecular formula is C29H40N2O2. The number of unbranched alkanes of at least 4 members (excludes halogenated alkanes) is 2. The molecule has 2 aliphatic rings. The number of ether oxygens (including phenoxy) is 1. The summed E-state index contributed by atoms with van der Waals surface area (Å²) in [5.41, 5.74) is 2.91. The van der Waals surface area contributed by atoms with Crippen LogP contribution in [0.1, 0.15) is 62.5 Å². The summed E-state index contributed by atoms with van der Waals surface area (Å²) in [4.78, 5) is 15.2. The first-order chi connectivity index (χ1) is 16.1. The van der Waals surface area contributed by atoms with Gasteiger partial charge in [0.1, 0.15) is 5.75 Å². The van der Waals surface area contributed by atoms with Gasteiger partial charge in [-0.25, -0.2) is 0 Å². The van der Waals surface area contributed by atoms with Crippen molar-refractivity contribution in [3.63, 3.8) is 0 Å². The Bertz CT molecular complexity index is 900. The summed E-state index contributed by atoms with van der Waals surface area (Å²) in [6.07, 6.45) is 9.41. The smallest absolute Gasteiger partial charge is 0.220 e. The van der Waals surface area contributed by atoms with Crippen LogP contribution < -0.4 is 10.1 Å². The lowest BCUT2D eigenvalue weighted by molar-refractivity contribution is -0.122. The second-order valence-corrected chi connectivity index (χ2v) is 10.2. The van der Waals surface area contributed by atoms with Crippen molar-refractivity contribution >= 4 is 5.91 Å². The number of hydrogen-bond donors (Lipinski definition) is 1. The Balaban J connectivity index is 1.32. The first-order valence-electron chi connectivity index (χ1n) is 12.8. The zero-order chi connectivity index (χ0) is 23.1. The summed E-state index contributed by atoms with van der Waals surface area (Å²) in [6, 6.07) is 19.6. The molecule has 4 nitrogen and oxygen atoms in total. The Morgan fingerprint density at radius 1 is 1.09 bits per heavy atom. The normalized spacial score (nSPS) is 25.3. The fourth-order valence-corrected chi connectivity index (χ4v) is 6.11. The van der Waals surface area contributed by atoms with E-state index in [4.69, 9.17) is 4.74 Å². The Labute approximate surface area is 199 Å². The minimum absolute atomic E-state index is 0.132. The molecule has 0 bridgehead atoms. The molecule has 1 amide bonds. The lowest BCUT2D eigenvalue weighted by Gasteiger charge is -2.52. The standard InChI is InChI=1S/C29H40N2O2/c1-31-19-18-29(24-13-9-14-27(20-24)33-2)21-26(17-16-25(29)22-31)30-28(32)15-8-4-7-12-23-10-5-3-6-11-23/h3,5-6,9-11,13-14,20,25-26H,4,7-8,12,15-19,21-22H2,1-2H3,(H,30,32)/t25-,26+,29+/m1/s1. The number of carbonyl (C=O) groups is 1. The second-order valence-electron chi connectivity index (χ2n) is 10.2. The number of piperidine rings is 1. The zero-order valence-corrected chi connectivity index (χ0v) is 20.4. The highest BCUT2D eigenvalue weighted by atomic mass is 16.5. The predicted octanol–water partition coefficient (Wildman–Crippen LogP) is 5.36. The van der Waals surface area contributed by atoms with Gasteiger partial charge in [-0.2, -0.15) is 0 Å². The SMILES string of the molecule is COc1cccc([C@@]23CCN(C)C[C@H]2CC[C@H](NC(=O)CCCCCc2ccccc2)C3)c1. The average Bonchev–Trinajstić information content (AvgIpc) is 2.84. The van der Waals surface area contributed by atoms with Crippen LogP contribution in [0.4, 0.5) is 0 Å². The molecule has 1 saturated heterocycles. The fourth-order valence-electron chi connectivity index (χ4n) is 6.11. The van der Waals surface area contributed by atoms with E-state index in [9.17, 15) is 4.79 Å². The van der Waals surface area contributed by atoms with Crippen LogP contribution in [0.25, 0.3) is 0 Å². The molecule has 0 spiro atoms. The van der Waals surface area contributed by atoms with Crippen LogP contribution >= 0.6 is 0 Å². The number of nitrogens with one attached hydrogen (secondary N) is 1. The van der Waals surface area contributed by atoms with Crippen LogP contribution in [0.15, 0.2) is 54.6 Å². The van der Waals surface area contributed by atoms with Gasteiger partial charge in [-0.15, -0.1) is 0 Å². The highest BCUT2D eigenvalue weighted by Crippen LogP contribution is 2.49. The zero-order valence-electron chi connectivity index (χ0n) is 20.4. The number of hydrogen-bond acceptors (Lipinski definition) is 3. The van der Waals surface area contributed by atoms with Gasteiger partial charge in [-0.1, -0.05) is 48.9 Å². The van der Waals surface area contributed by atoms with E-state index in [0.29, 0.717) is 12.3 Å². The topological polar surface area (TPSA) is 41.6 Å². The first-order valence-corrected chi connectivity index (χ1v) is 12.8. The maximum absolute atomic E-state index is 12.8. The molecule has 1 heterocycles. The van der Waals surface area contributed by atoms with E-state index in [0.717, 1.165) is 63.8 Å². The van der Waals surface area contributed by atoms with Gasteiger partial charge >= 0.3 is 0 Å². The summed E-state index contributed by atoms with van der Waals surface area (Å²) < 4.78 is 5.55. The molecule has 3 atom stereocenters. The van der Waals surface area contributed by atoms with Gasteiger partial charge in [0, 0.05) is 24.4 Å². The Hall–Kier alpha value is -2.33. The van der Waals surface area contributed by atoms with Crippen molar-refractivity contribution in [1.29, 1.82) is 0 Å². The molecule has 2 aromatic rings. The van der Waals surface area contributed by atoms with Crippen LogP contribution in [0.3, 0.4) is 0 Å². The third-order valence-corrected chi connectivity index (χ3v) is 7.95. The number of amides is 1. The molecule has 2 fully saturated rings. The summed E-state index contributed by atoms with van der Waals surface area (Å²) in [5, 5.41) is 3.41. The third kappa shape index (κ3) is 5.97. The second kappa shape index (κ2) is 11.2. The van der Waals surface area contributed by atoms with Crippen molar-refractivity contribution in [2.75, 3.05) is 27.2 Å². The van der Waals surface area contributed by atoms with Gasteiger partial charge in [-0.3, -0.25) is 4.79 Å². The van der Waals surface area contributed by atoms with Gasteiger partial charge in [-0.05, 0) is 87.7 Å². The number of benzene rings is 2. The Morgan fingerprint density at radius 3 is 2.76 bits per heavy atom. The van der Waals surface area contributed by atoms with Crippen molar-refractivity contribution < 1.29 is 9.53 Å². The van der Waals surface area contributed by atoms with Crippen molar-refractivity contribution in [1.82, 2.24) is 10.2 Å². The van der Waals surface area contributed by atoms with Crippen molar-refractivity contribution in [2.45, 2.75) is 69.2 Å².